The maximum Gasteiger partial charge on any atom is 0.240 e. The van der Waals surface area contributed by atoms with Crippen molar-refractivity contribution in [1.29, 1.82) is 0 Å². The molecule has 0 bridgehead atoms. The minimum Gasteiger partial charge on any atom is -0.378 e. The minimum atomic E-state index is -3.44. The van der Waals surface area contributed by atoms with E-state index < -0.39 is 10.0 Å². The van der Waals surface area contributed by atoms with E-state index in [0.717, 1.165) is 22.1 Å². The van der Waals surface area contributed by atoms with Crippen molar-refractivity contribution < 1.29 is 8.42 Å². The predicted molar refractivity (Wildman–Crippen MR) is 103 cm³/mol. The van der Waals surface area contributed by atoms with Gasteiger partial charge < -0.3 is 5.32 Å². The SMILES string of the molecule is CNS(=O)(=O)c1ccc2c(c1)C1C=CCC1C(c1ccc(Br)cc1)N2. The molecule has 0 spiro atoms. The molecule has 1 aliphatic carbocycles. The number of rotatable bonds is 3. The van der Waals surface area contributed by atoms with Gasteiger partial charge in [-0.1, -0.05) is 40.2 Å². The molecule has 1 heterocycles. The molecule has 6 heteroatoms. The summed E-state index contributed by atoms with van der Waals surface area (Å²) in [4.78, 5) is 0.316. The Morgan fingerprint density at radius 2 is 1.92 bits per heavy atom. The monoisotopic (exact) mass is 418 g/mol. The number of allylic oxidation sites excluding steroid dienone is 2. The van der Waals surface area contributed by atoms with Crippen LogP contribution in [0.2, 0.25) is 0 Å². The summed E-state index contributed by atoms with van der Waals surface area (Å²) in [6, 6.07) is 14.0. The van der Waals surface area contributed by atoms with Gasteiger partial charge in [-0.05, 0) is 60.8 Å². The maximum atomic E-state index is 12.1. The highest BCUT2D eigenvalue weighted by Gasteiger charge is 2.38. The second kappa shape index (κ2) is 6.27. The highest BCUT2D eigenvalue weighted by molar-refractivity contribution is 9.10. The molecule has 0 saturated heterocycles. The molecule has 2 aromatic carbocycles. The van der Waals surface area contributed by atoms with Gasteiger partial charge in [0.2, 0.25) is 10.0 Å². The summed E-state index contributed by atoms with van der Waals surface area (Å²) < 4.78 is 27.7. The standard InChI is InChI=1S/C19H19BrN2O2S/c1-21-25(23,24)14-9-10-18-17(11-14)15-3-2-4-16(15)19(22-18)12-5-7-13(20)8-6-12/h2-3,5-11,15-16,19,21-22H,4H2,1H3. The van der Waals surface area contributed by atoms with Crippen molar-refractivity contribution >= 4 is 31.6 Å². The Bertz CT molecular complexity index is 938. The number of sulfonamides is 1. The maximum absolute atomic E-state index is 12.1. The number of benzene rings is 2. The first kappa shape index (κ1) is 16.8. The van der Waals surface area contributed by atoms with E-state index in [-0.39, 0.29) is 12.0 Å². The lowest BCUT2D eigenvalue weighted by Gasteiger charge is -2.37. The van der Waals surface area contributed by atoms with Crippen LogP contribution >= 0.6 is 15.9 Å². The molecular weight excluding hydrogens is 400 g/mol. The van der Waals surface area contributed by atoms with E-state index in [0.29, 0.717) is 10.8 Å². The third-order valence-electron chi connectivity index (χ3n) is 5.14. The fourth-order valence-electron chi connectivity index (χ4n) is 3.86. The average Bonchev–Trinajstić information content (AvgIpc) is 3.11. The van der Waals surface area contributed by atoms with E-state index in [1.807, 2.05) is 6.07 Å². The number of nitrogens with one attached hydrogen (secondary N) is 2. The van der Waals surface area contributed by atoms with Crippen molar-refractivity contribution in [3.05, 3.63) is 70.2 Å². The second-order valence-corrected chi connectivity index (χ2v) is 9.29. The van der Waals surface area contributed by atoms with Crippen molar-refractivity contribution in [2.45, 2.75) is 23.3 Å². The Morgan fingerprint density at radius 1 is 1.16 bits per heavy atom. The normalized spacial score (nSPS) is 24.5. The Hall–Kier alpha value is -1.63. The molecule has 0 aromatic heterocycles. The smallest absolute Gasteiger partial charge is 0.240 e. The Balaban J connectivity index is 1.77. The molecule has 0 fully saturated rings. The van der Waals surface area contributed by atoms with E-state index in [9.17, 15) is 8.42 Å². The molecule has 2 N–H and O–H groups in total. The van der Waals surface area contributed by atoms with Crippen molar-refractivity contribution in [2.24, 2.45) is 5.92 Å². The number of fused-ring (bicyclic) bond motifs is 3. The zero-order valence-electron chi connectivity index (χ0n) is 13.7. The van der Waals surface area contributed by atoms with Gasteiger partial charge >= 0.3 is 0 Å². The number of hydrogen-bond donors (Lipinski definition) is 2. The molecule has 2 aliphatic rings. The molecule has 3 atom stereocenters. The van der Waals surface area contributed by atoms with Crippen LogP contribution in [0.5, 0.6) is 0 Å². The lowest BCUT2D eigenvalue weighted by atomic mass is 9.77. The third-order valence-corrected chi connectivity index (χ3v) is 7.08. The fourth-order valence-corrected chi connectivity index (χ4v) is 4.89. The summed E-state index contributed by atoms with van der Waals surface area (Å²) in [5.74, 6) is 0.623. The van der Waals surface area contributed by atoms with Crippen molar-refractivity contribution in [1.82, 2.24) is 4.72 Å². The van der Waals surface area contributed by atoms with E-state index in [4.69, 9.17) is 0 Å². The van der Waals surface area contributed by atoms with E-state index in [1.54, 1.807) is 12.1 Å². The summed E-state index contributed by atoms with van der Waals surface area (Å²) in [5.41, 5.74) is 3.32. The highest BCUT2D eigenvalue weighted by atomic mass is 79.9. The zero-order chi connectivity index (χ0) is 17.6. The van der Waals surface area contributed by atoms with Crippen LogP contribution in [0.1, 0.15) is 29.5 Å². The summed E-state index contributed by atoms with van der Waals surface area (Å²) >= 11 is 3.49. The minimum absolute atomic E-state index is 0.215. The van der Waals surface area contributed by atoms with Crippen molar-refractivity contribution in [3.63, 3.8) is 0 Å². The van der Waals surface area contributed by atoms with Gasteiger partial charge in [0.25, 0.3) is 0 Å². The van der Waals surface area contributed by atoms with Gasteiger partial charge in [0.15, 0.2) is 0 Å². The van der Waals surface area contributed by atoms with Crippen LogP contribution in [0.15, 0.2) is 64.0 Å². The first-order chi connectivity index (χ1) is 12.0. The topological polar surface area (TPSA) is 58.2 Å². The molecule has 4 nitrogen and oxygen atoms in total. The Morgan fingerprint density at radius 3 is 2.64 bits per heavy atom. The summed E-state index contributed by atoms with van der Waals surface area (Å²) in [7, 11) is -2.00. The van der Waals surface area contributed by atoms with Gasteiger partial charge in [0.1, 0.15) is 0 Å². The van der Waals surface area contributed by atoms with Gasteiger partial charge in [0.05, 0.1) is 10.9 Å². The Kier molecular flexibility index (Phi) is 4.22. The van der Waals surface area contributed by atoms with E-state index in [1.165, 1.54) is 12.6 Å². The van der Waals surface area contributed by atoms with Crippen LogP contribution in [-0.2, 0) is 10.0 Å². The van der Waals surface area contributed by atoms with Crippen LogP contribution in [-0.4, -0.2) is 15.5 Å². The van der Waals surface area contributed by atoms with Gasteiger partial charge in [-0.15, -0.1) is 0 Å². The molecule has 3 unspecified atom stereocenters. The molecule has 1 aliphatic heterocycles. The molecule has 4 rings (SSSR count). The van der Waals surface area contributed by atoms with E-state index in [2.05, 4.69) is 62.4 Å². The summed E-state index contributed by atoms with van der Waals surface area (Å²) in [6.07, 6.45) is 5.41. The van der Waals surface area contributed by atoms with Gasteiger partial charge in [-0.3, -0.25) is 0 Å². The number of anilines is 1. The van der Waals surface area contributed by atoms with Crippen molar-refractivity contribution in [2.75, 3.05) is 12.4 Å². The van der Waals surface area contributed by atoms with Crippen LogP contribution < -0.4 is 10.0 Å². The molecule has 0 amide bonds. The molecule has 0 saturated carbocycles. The quantitative estimate of drug-likeness (QED) is 0.734. The first-order valence-corrected chi connectivity index (χ1v) is 10.5. The van der Waals surface area contributed by atoms with Crippen molar-refractivity contribution in [3.8, 4) is 0 Å². The van der Waals surface area contributed by atoms with Gasteiger partial charge in [0, 0.05) is 16.1 Å². The number of halogens is 1. The largest absolute Gasteiger partial charge is 0.378 e. The average molecular weight is 419 g/mol. The van der Waals surface area contributed by atoms with Gasteiger partial charge in [-0.2, -0.15) is 0 Å². The molecular formula is C19H19BrN2O2S. The predicted octanol–water partition coefficient (Wildman–Crippen LogP) is 4.18. The van der Waals surface area contributed by atoms with E-state index >= 15 is 0 Å². The van der Waals surface area contributed by atoms with Gasteiger partial charge in [-0.25, -0.2) is 13.1 Å². The lowest BCUT2D eigenvalue weighted by molar-refractivity contribution is 0.425. The second-order valence-electron chi connectivity index (χ2n) is 6.48. The fraction of sp³-hybridized carbons (Fsp3) is 0.263. The highest BCUT2D eigenvalue weighted by Crippen LogP contribution is 2.50. The first-order valence-electron chi connectivity index (χ1n) is 8.26. The van der Waals surface area contributed by atoms with Crippen LogP contribution in [0.3, 0.4) is 0 Å². The Labute approximate surface area is 156 Å². The molecule has 25 heavy (non-hydrogen) atoms. The molecule has 0 radical (unpaired) electrons. The van der Waals surface area contributed by atoms with Crippen LogP contribution in [0.4, 0.5) is 5.69 Å². The summed E-state index contributed by atoms with van der Waals surface area (Å²) in [6.45, 7) is 0. The third kappa shape index (κ3) is 2.92. The molecule has 130 valence electrons. The lowest BCUT2D eigenvalue weighted by Crippen LogP contribution is -2.29. The zero-order valence-corrected chi connectivity index (χ0v) is 16.1. The van der Waals surface area contributed by atoms with Crippen LogP contribution in [0, 0.1) is 5.92 Å². The van der Waals surface area contributed by atoms with Crippen LogP contribution in [0.25, 0.3) is 0 Å². The molecule has 2 aromatic rings. The number of hydrogen-bond acceptors (Lipinski definition) is 3. The summed E-state index contributed by atoms with van der Waals surface area (Å²) in [5, 5.41) is 3.63.